The van der Waals surface area contributed by atoms with E-state index in [9.17, 15) is 4.79 Å². The Kier molecular flexibility index (Phi) is 3.17. The van der Waals surface area contributed by atoms with Crippen LogP contribution in [-0.2, 0) is 13.5 Å². The molecule has 0 bridgehead atoms. The highest BCUT2D eigenvalue weighted by molar-refractivity contribution is 6.03. The van der Waals surface area contributed by atoms with Crippen LogP contribution in [-0.4, -0.2) is 20.5 Å². The number of anilines is 1. The van der Waals surface area contributed by atoms with E-state index < -0.39 is 0 Å². The summed E-state index contributed by atoms with van der Waals surface area (Å²) < 4.78 is 1.53. The van der Waals surface area contributed by atoms with Gasteiger partial charge in [-0.25, -0.2) is 0 Å². The van der Waals surface area contributed by atoms with Crippen molar-refractivity contribution in [2.45, 2.75) is 13.3 Å². The van der Waals surface area contributed by atoms with Crippen LogP contribution in [0.15, 0.2) is 36.5 Å². The third-order valence-corrected chi connectivity index (χ3v) is 3.61. The van der Waals surface area contributed by atoms with Crippen molar-refractivity contribution in [3.63, 3.8) is 0 Å². The lowest BCUT2D eigenvalue weighted by molar-refractivity contribution is 0.0993. The van der Waals surface area contributed by atoms with Crippen molar-refractivity contribution in [2.75, 3.05) is 5.73 Å². The quantitative estimate of drug-likeness (QED) is 0.747. The summed E-state index contributed by atoms with van der Waals surface area (Å²) in [6.45, 7) is 1.80. The number of pyridine rings is 1. The molecule has 5 heteroatoms. The monoisotopic (exact) mass is 280 g/mol. The number of fused-ring (bicyclic) bond motifs is 1. The van der Waals surface area contributed by atoms with Gasteiger partial charge in [0.15, 0.2) is 5.78 Å². The zero-order valence-corrected chi connectivity index (χ0v) is 12.0. The van der Waals surface area contributed by atoms with Gasteiger partial charge in [0.2, 0.25) is 0 Å². The molecule has 0 radical (unpaired) electrons. The number of aryl methyl sites for hydroxylation is 2. The third-order valence-electron chi connectivity index (χ3n) is 3.61. The van der Waals surface area contributed by atoms with Crippen molar-refractivity contribution in [2.24, 2.45) is 7.05 Å². The van der Waals surface area contributed by atoms with Gasteiger partial charge in [-0.3, -0.25) is 14.5 Å². The van der Waals surface area contributed by atoms with E-state index in [0.717, 1.165) is 16.5 Å². The number of nitrogens with zero attached hydrogens (tertiary/aromatic N) is 3. The van der Waals surface area contributed by atoms with Gasteiger partial charge in [0.05, 0.1) is 16.8 Å². The van der Waals surface area contributed by atoms with Crippen molar-refractivity contribution in [1.29, 1.82) is 0 Å². The summed E-state index contributed by atoms with van der Waals surface area (Å²) in [4.78, 5) is 16.9. The number of benzene rings is 1. The fourth-order valence-electron chi connectivity index (χ4n) is 2.59. The first kappa shape index (κ1) is 13.3. The van der Waals surface area contributed by atoms with E-state index in [-0.39, 0.29) is 12.2 Å². The van der Waals surface area contributed by atoms with Crippen molar-refractivity contribution in [3.05, 3.63) is 53.3 Å². The normalized spacial score (nSPS) is 11.0. The number of carbonyl (C=O) groups excluding carboxylic acids is 1. The molecule has 0 aliphatic heterocycles. The van der Waals surface area contributed by atoms with Crippen molar-refractivity contribution in [1.82, 2.24) is 14.8 Å². The largest absolute Gasteiger partial charge is 0.383 e. The summed E-state index contributed by atoms with van der Waals surface area (Å²) in [5.74, 6) is 0.377. The number of rotatable bonds is 3. The number of para-hydroxylation sites is 1. The molecule has 0 aliphatic carbocycles. The molecule has 3 rings (SSSR count). The summed E-state index contributed by atoms with van der Waals surface area (Å²) in [5.41, 5.74) is 8.86. The van der Waals surface area contributed by atoms with Gasteiger partial charge in [0.25, 0.3) is 0 Å². The van der Waals surface area contributed by atoms with Crippen LogP contribution in [0.5, 0.6) is 0 Å². The zero-order chi connectivity index (χ0) is 15.0. The number of nitrogens with two attached hydrogens (primary N) is 1. The summed E-state index contributed by atoms with van der Waals surface area (Å²) >= 11 is 0. The second kappa shape index (κ2) is 5.01. The Morgan fingerprint density at radius 1 is 1.29 bits per heavy atom. The maximum Gasteiger partial charge on any atom is 0.172 e. The number of aromatic nitrogens is 3. The summed E-state index contributed by atoms with van der Waals surface area (Å²) in [7, 11) is 1.73. The number of hydrogen-bond donors (Lipinski definition) is 1. The maximum absolute atomic E-state index is 12.6. The molecule has 0 amide bonds. The van der Waals surface area contributed by atoms with E-state index in [4.69, 9.17) is 5.73 Å². The van der Waals surface area contributed by atoms with E-state index in [1.54, 1.807) is 20.2 Å². The van der Waals surface area contributed by atoms with E-state index >= 15 is 0 Å². The second-order valence-electron chi connectivity index (χ2n) is 5.06. The minimum absolute atomic E-state index is 0.0312. The lowest BCUT2D eigenvalue weighted by Crippen LogP contribution is -2.08. The number of Topliss-reactive ketones (excluding diaryl/α,β-unsaturated/α-hetero) is 1. The molecule has 2 aromatic heterocycles. The van der Waals surface area contributed by atoms with Gasteiger partial charge in [0, 0.05) is 25.1 Å². The third kappa shape index (κ3) is 2.27. The van der Waals surface area contributed by atoms with Gasteiger partial charge in [-0.1, -0.05) is 24.3 Å². The van der Waals surface area contributed by atoms with Gasteiger partial charge in [0.1, 0.15) is 5.82 Å². The van der Waals surface area contributed by atoms with Gasteiger partial charge >= 0.3 is 0 Å². The fourth-order valence-corrected chi connectivity index (χ4v) is 2.59. The molecular formula is C16H16N4O. The molecule has 0 saturated heterocycles. The fraction of sp³-hybridized carbons (Fsp3) is 0.188. The first-order chi connectivity index (χ1) is 10.1. The first-order valence-electron chi connectivity index (χ1n) is 6.73. The lowest BCUT2D eigenvalue weighted by Gasteiger charge is -2.05. The predicted octanol–water partition coefficient (Wildman–Crippen LogP) is 2.28. The highest BCUT2D eigenvalue weighted by Gasteiger charge is 2.19. The van der Waals surface area contributed by atoms with Crippen LogP contribution in [0.2, 0.25) is 0 Å². The standard InChI is InChI=1S/C16H16N4O/c1-10-14(16(17)20(2)19-10)13(21)9-12-6-3-5-11-7-4-8-18-15(11)12/h3-8H,9,17H2,1-2H3. The molecule has 0 saturated carbocycles. The van der Waals surface area contributed by atoms with Gasteiger partial charge in [-0.05, 0) is 18.6 Å². The molecule has 106 valence electrons. The SMILES string of the molecule is Cc1nn(C)c(N)c1C(=O)Cc1cccc2cccnc12. The molecule has 0 fully saturated rings. The molecule has 2 heterocycles. The summed E-state index contributed by atoms with van der Waals surface area (Å²) in [5, 5.41) is 5.22. The smallest absolute Gasteiger partial charge is 0.172 e. The van der Waals surface area contributed by atoms with Crippen LogP contribution < -0.4 is 5.73 Å². The van der Waals surface area contributed by atoms with Crippen LogP contribution >= 0.6 is 0 Å². The van der Waals surface area contributed by atoms with Crippen LogP contribution in [0.3, 0.4) is 0 Å². The van der Waals surface area contributed by atoms with Crippen molar-refractivity contribution in [3.8, 4) is 0 Å². The molecule has 0 unspecified atom stereocenters. The minimum Gasteiger partial charge on any atom is -0.383 e. The van der Waals surface area contributed by atoms with E-state index in [1.165, 1.54) is 4.68 Å². The minimum atomic E-state index is -0.0312. The van der Waals surface area contributed by atoms with Crippen LogP contribution in [0.25, 0.3) is 10.9 Å². The molecule has 0 atom stereocenters. The zero-order valence-electron chi connectivity index (χ0n) is 12.0. The Bertz CT molecular complexity index is 830. The van der Waals surface area contributed by atoms with E-state index in [1.807, 2.05) is 30.3 Å². The first-order valence-corrected chi connectivity index (χ1v) is 6.73. The lowest BCUT2D eigenvalue weighted by atomic mass is 10.0. The molecule has 2 N–H and O–H groups in total. The van der Waals surface area contributed by atoms with Gasteiger partial charge < -0.3 is 5.73 Å². The number of ketones is 1. The molecule has 0 spiro atoms. The Morgan fingerprint density at radius 3 is 2.76 bits per heavy atom. The molecular weight excluding hydrogens is 264 g/mol. The van der Waals surface area contributed by atoms with E-state index in [0.29, 0.717) is 17.1 Å². The maximum atomic E-state index is 12.6. The Labute approximate surface area is 122 Å². The van der Waals surface area contributed by atoms with Gasteiger partial charge in [-0.15, -0.1) is 0 Å². The Morgan fingerprint density at radius 2 is 2.05 bits per heavy atom. The Hall–Kier alpha value is -2.69. The number of carbonyl (C=O) groups is 1. The molecule has 21 heavy (non-hydrogen) atoms. The summed E-state index contributed by atoms with van der Waals surface area (Å²) in [6.07, 6.45) is 2.01. The van der Waals surface area contributed by atoms with Crippen LogP contribution in [0, 0.1) is 6.92 Å². The average Bonchev–Trinajstić information content (AvgIpc) is 2.72. The molecule has 3 aromatic rings. The average molecular weight is 280 g/mol. The van der Waals surface area contributed by atoms with Crippen molar-refractivity contribution < 1.29 is 4.79 Å². The topological polar surface area (TPSA) is 73.8 Å². The Balaban J connectivity index is 2.01. The highest BCUT2D eigenvalue weighted by Crippen LogP contribution is 2.21. The summed E-state index contributed by atoms with van der Waals surface area (Å²) in [6, 6.07) is 9.72. The molecule has 0 aliphatic rings. The highest BCUT2D eigenvalue weighted by atomic mass is 16.1. The van der Waals surface area contributed by atoms with Crippen LogP contribution in [0.1, 0.15) is 21.6 Å². The number of hydrogen-bond acceptors (Lipinski definition) is 4. The van der Waals surface area contributed by atoms with Gasteiger partial charge in [-0.2, -0.15) is 5.10 Å². The molecule has 5 nitrogen and oxygen atoms in total. The predicted molar refractivity (Wildman–Crippen MR) is 82.1 cm³/mol. The second-order valence-corrected chi connectivity index (χ2v) is 5.06. The molecule has 1 aromatic carbocycles. The van der Waals surface area contributed by atoms with Crippen molar-refractivity contribution >= 4 is 22.5 Å². The van der Waals surface area contributed by atoms with E-state index in [2.05, 4.69) is 10.1 Å². The number of nitrogen functional groups attached to an aromatic ring is 1. The van der Waals surface area contributed by atoms with Crippen LogP contribution in [0.4, 0.5) is 5.82 Å².